The number of nitrogens with zero attached hydrogens (tertiary/aromatic N) is 4. The molecule has 0 saturated carbocycles. The molecule has 1 aliphatic carbocycles. The Kier molecular flexibility index (Phi) is 14.7. The van der Waals surface area contributed by atoms with Crippen molar-refractivity contribution in [2.45, 2.75) is 115 Å². The fraction of sp³-hybridized carbons (Fsp3) is 0.410. The molecular formula is C61H70N8O5. The number of hydrogen-bond acceptors (Lipinski definition) is 9. The van der Waals surface area contributed by atoms with E-state index in [1.165, 1.54) is 16.0 Å². The van der Waals surface area contributed by atoms with Crippen LogP contribution >= 0.6 is 0 Å². The van der Waals surface area contributed by atoms with Crippen molar-refractivity contribution in [2.75, 3.05) is 49.5 Å². The summed E-state index contributed by atoms with van der Waals surface area (Å²) in [6.07, 6.45) is 13.2. The molecule has 0 spiro atoms. The average molecular weight is 995 g/mol. The first kappa shape index (κ1) is 50.6. The van der Waals surface area contributed by atoms with Gasteiger partial charge in [-0.25, -0.2) is 0 Å². The Morgan fingerprint density at radius 2 is 1.66 bits per heavy atom. The van der Waals surface area contributed by atoms with E-state index in [-0.39, 0.29) is 53.5 Å². The quantitative estimate of drug-likeness (QED) is 0.0623. The summed E-state index contributed by atoms with van der Waals surface area (Å²) < 4.78 is 0. The third-order valence-corrected chi connectivity index (χ3v) is 16.7. The first-order chi connectivity index (χ1) is 35.7. The van der Waals surface area contributed by atoms with Crippen LogP contribution in [0.25, 0.3) is 5.57 Å². The molecule has 0 bridgehead atoms. The van der Waals surface area contributed by atoms with Crippen LogP contribution in [-0.2, 0) is 22.7 Å². The molecule has 5 N–H and O–H groups in total. The largest absolute Gasteiger partial charge is 0.371 e. The van der Waals surface area contributed by atoms with E-state index in [1.54, 1.807) is 6.07 Å². The Hall–Kier alpha value is -6.89. The van der Waals surface area contributed by atoms with E-state index in [2.05, 4.69) is 99.3 Å². The van der Waals surface area contributed by atoms with Gasteiger partial charge in [0.15, 0.2) is 0 Å². The lowest BCUT2D eigenvalue weighted by Gasteiger charge is -2.40. The molecule has 3 fully saturated rings. The molecule has 4 atom stereocenters. The van der Waals surface area contributed by atoms with Crippen LogP contribution in [0, 0.1) is 12.8 Å². The maximum Gasteiger partial charge on any atom is 0.255 e. The second-order valence-corrected chi connectivity index (χ2v) is 21.9. The van der Waals surface area contributed by atoms with Crippen molar-refractivity contribution < 1.29 is 24.0 Å². The van der Waals surface area contributed by atoms with E-state index >= 15 is 0 Å². The number of imide groups is 1. The summed E-state index contributed by atoms with van der Waals surface area (Å²) in [5.74, 6) is -0.927. The number of carbonyl (C=O) groups is 5. The van der Waals surface area contributed by atoms with Crippen LogP contribution in [0.15, 0.2) is 121 Å². The molecular weight excluding hydrogens is 925 g/mol. The van der Waals surface area contributed by atoms with Crippen molar-refractivity contribution in [3.05, 3.63) is 166 Å². The Morgan fingerprint density at radius 1 is 0.878 bits per heavy atom. The first-order valence-electron chi connectivity index (χ1n) is 26.6. The van der Waals surface area contributed by atoms with E-state index in [0.29, 0.717) is 42.2 Å². The van der Waals surface area contributed by atoms with Gasteiger partial charge in [0.2, 0.25) is 11.8 Å². The molecule has 3 saturated heterocycles. The van der Waals surface area contributed by atoms with E-state index in [0.717, 1.165) is 117 Å². The van der Waals surface area contributed by atoms with Crippen LogP contribution in [0.3, 0.4) is 0 Å². The number of piperidine rings is 3. The van der Waals surface area contributed by atoms with Gasteiger partial charge in [0.1, 0.15) is 6.04 Å². The molecule has 5 amide bonds. The minimum Gasteiger partial charge on any atom is -0.371 e. The Morgan fingerprint density at radius 3 is 2.39 bits per heavy atom. The molecule has 5 heterocycles. The minimum absolute atomic E-state index is 0.0832. The number of benzene rings is 4. The molecule has 10 rings (SSSR count). The lowest BCUT2D eigenvalue weighted by Crippen LogP contribution is -2.52. The van der Waals surface area contributed by atoms with E-state index in [1.807, 2.05) is 61.5 Å². The van der Waals surface area contributed by atoms with Crippen molar-refractivity contribution >= 4 is 46.5 Å². The van der Waals surface area contributed by atoms with Crippen molar-refractivity contribution in [1.82, 2.24) is 25.3 Å². The van der Waals surface area contributed by atoms with Gasteiger partial charge in [0.05, 0.1) is 0 Å². The number of nitrogens with two attached hydrogens (primary N) is 1. The minimum atomic E-state index is -0.664. The number of fused-ring (bicyclic) bond motifs is 1. The summed E-state index contributed by atoms with van der Waals surface area (Å²) >= 11 is 0. The smallest absolute Gasteiger partial charge is 0.255 e. The molecule has 13 nitrogen and oxygen atoms in total. The Balaban J connectivity index is 0.667. The van der Waals surface area contributed by atoms with Crippen molar-refractivity contribution in [2.24, 2.45) is 11.7 Å². The number of amides is 5. The molecule has 384 valence electrons. The molecule has 0 aromatic heterocycles. The van der Waals surface area contributed by atoms with Gasteiger partial charge in [-0.2, -0.15) is 0 Å². The number of likely N-dealkylation sites (tertiary alicyclic amines) is 1. The number of aryl methyl sites for hydroxylation is 1. The topological polar surface area (TPSA) is 160 Å². The zero-order valence-corrected chi connectivity index (χ0v) is 43.1. The third kappa shape index (κ3) is 11.1. The van der Waals surface area contributed by atoms with Gasteiger partial charge in [-0.1, -0.05) is 61.5 Å². The highest BCUT2D eigenvalue weighted by Gasteiger charge is 2.39. The monoisotopic (exact) mass is 995 g/mol. The molecule has 0 radical (unpaired) electrons. The standard InChI is InChI=1S/C61H70N8O5/c1-39-33-50(68-31-25-61(4,62)26-32-68)9-6-10-52(39)41(3)46-7-5-8-48(36-46)64-58(72)53-18-16-51(34-40(53)2)67-29-23-49(24-30-67)66-27-21-44(22-28-66)43-12-14-45(15-13-43)57(71)63-37-42-11-17-54-47(35-42)38-69(60(54)74)55-19-20-56(70)65-59(55)73/h5,7-18,21,34-36,41,49-50,52,55H,1,19-20,22-33,37-38,62H2,2-4H3,(H,63,71)(H,64,72)(H,65,70,73). The maximum atomic E-state index is 13.7. The fourth-order valence-corrected chi connectivity index (χ4v) is 12.0. The molecule has 4 aromatic carbocycles. The van der Waals surface area contributed by atoms with Gasteiger partial charge in [0.25, 0.3) is 17.7 Å². The summed E-state index contributed by atoms with van der Waals surface area (Å²) in [6, 6.07) is 27.9. The molecule has 5 aliphatic heterocycles. The summed E-state index contributed by atoms with van der Waals surface area (Å²) in [7, 11) is 0. The zero-order chi connectivity index (χ0) is 51.7. The highest BCUT2D eigenvalue weighted by atomic mass is 16.2. The number of carbonyl (C=O) groups excluding carboxylic acids is 5. The second-order valence-electron chi connectivity index (χ2n) is 21.9. The maximum absolute atomic E-state index is 13.7. The first-order valence-corrected chi connectivity index (χ1v) is 26.6. The molecule has 6 aliphatic rings. The fourth-order valence-electron chi connectivity index (χ4n) is 12.0. The van der Waals surface area contributed by atoms with E-state index in [9.17, 15) is 24.0 Å². The summed E-state index contributed by atoms with van der Waals surface area (Å²) in [6.45, 7) is 17.3. The lowest BCUT2D eigenvalue weighted by atomic mass is 9.81. The van der Waals surface area contributed by atoms with Crippen LogP contribution in [-0.4, -0.2) is 107 Å². The van der Waals surface area contributed by atoms with Gasteiger partial charge in [-0.15, -0.1) is 5.73 Å². The van der Waals surface area contributed by atoms with Crippen molar-refractivity contribution in [3.8, 4) is 0 Å². The van der Waals surface area contributed by atoms with Crippen molar-refractivity contribution in [1.29, 1.82) is 0 Å². The summed E-state index contributed by atoms with van der Waals surface area (Å²) in [5.41, 5.74) is 21.0. The SMILES string of the molecule is C=C1CC(N2CCC(C)(N)CC2)C=C=CC1C(C)c1cccc(NC(=O)c2ccc(N3CCC(N4CC=C(c5ccc(C(=O)NCc6ccc7c(c6)CN(C6CCC(=O)NC6=O)C7=O)cc5)CC4)CC3)cc2C)c1. The van der Waals surface area contributed by atoms with Gasteiger partial charge in [0, 0.05) is 110 Å². The predicted molar refractivity (Wildman–Crippen MR) is 291 cm³/mol. The number of rotatable bonds is 12. The van der Waals surface area contributed by atoms with Gasteiger partial charge < -0.3 is 26.2 Å². The van der Waals surface area contributed by atoms with Gasteiger partial charge in [-0.05, 0) is 159 Å². The summed E-state index contributed by atoms with van der Waals surface area (Å²) in [4.78, 5) is 73.2. The van der Waals surface area contributed by atoms with E-state index in [4.69, 9.17) is 5.73 Å². The van der Waals surface area contributed by atoms with Crippen LogP contribution in [0.4, 0.5) is 11.4 Å². The zero-order valence-electron chi connectivity index (χ0n) is 43.1. The molecule has 4 aromatic rings. The predicted octanol–water partition coefficient (Wildman–Crippen LogP) is 8.27. The highest BCUT2D eigenvalue weighted by molar-refractivity contribution is 6.06. The highest BCUT2D eigenvalue weighted by Crippen LogP contribution is 2.37. The number of hydrogen-bond donors (Lipinski definition) is 4. The van der Waals surface area contributed by atoms with Crippen molar-refractivity contribution in [3.63, 3.8) is 0 Å². The number of nitrogens with one attached hydrogen (secondary N) is 3. The normalized spacial score (nSPS) is 23.0. The van der Waals surface area contributed by atoms with Crippen LogP contribution in [0.2, 0.25) is 0 Å². The lowest BCUT2D eigenvalue weighted by molar-refractivity contribution is -0.136. The van der Waals surface area contributed by atoms with Crippen LogP contribution < -0.4 is 26.6 Å². The van der Waals surface area contributed by atoms with Gasteiger partial charge in [-0.3, -0.25) is 39.1 Å². The Bertz CT molecular complexity index is 2950. The summed E-state index contributed by atoms with van der Waals surface area (Å²) in [5, 5.41) is 8.54. The average Bonchev–Trinajstić information content (AvgIpc) is 3.59. The third-order valence-electron chi connectivity index (χ3n) is 16.7. The molecule has 13 heteroatoms. The molecule has 74 heavy (non-hydrogen) atoms. The molecule has 4 unspecified atom stereocenters. The van der Waals surface area contributed by atoms with E-state index < -0.39 is 11.9 Å². The second kappa shape index (κ2) is 21.5. The Labute approximate surface area is 435 Å². The van der Waals surface area contributed by atoms with Gasteiger partial charge >= 0.3 is 0 Å². The van der Waals surface area contributed by atoms with Crippen LogP contribution in [0.5, 0.6) is 0 Å². The number of anilines is 2. The van der Waals surface area contributed by atoms with Crippen LogP contribution in [0.1, 0.15) is 130 Å².